The second-order valence-corrected chi connectivity index (χ2v) is 2.88. The molecule has 0 saturated carbocycles. The van der Waals surface area contributed by atoms with Gasteiger partial charge in [-0.05, 0) is 13.0 Å². The SMILES string of the molecule is COC(=O)C1(C(F)F)CCNC1. The highest BCUT2D eigenvalue weighted by Crippen LogP contribution is 2.33. The van der Waals surface area contributed by atoms with Crippen molar-refractivity contribution in [1.82, 2.24) is 5.32 Å². The van der Waals surface area contributed by atoms with Gasteiger partial charge in [-0.15, -0.1) is 0 Å². The molecule has 1 aliphatic heterocycles. The van der Waals surface area contributed by atoms with E-state index in [1.165, 1.54) is 0 Å². The molecule has 5 heteroatoms. The van der Waals surface area contributed by atoms with Crippen molar-refractivity contribution in [2.75, 3.05) is 20.2 Å². The van der Waals surface area contributed by atoms with Crippen molar-refractivity contribution in [3.8, 4) is 0 Å². The number of methoxy groups -OCH3 is 1. The van der Waals surface area contributed by atoms with E-state index in [0.29, 0.717) is 6.54 Å². The van der Waals surface area contributed by atoms with Gasteiger partial charge in [-0.1, -0.05) is 0 Å². The third kappa shape index (κ3) is 1.29. The van der Waals surface area contributed by atoms with Crippen LogP contribution >= 0.6 is 0 Å². The van der Waals surface area contributed by atoms with Gasteiger partial charge in [0.15, 0.2) is 0 Å². The molecular formula is C7H11F2NO2. The summed E-state index contributed by atoms with van der Waals surface area (Å²) in [5, 5.41) is 2.73. The van der Waals surface area contributed by atoms with Crippen LogP contribution in [0.2, 0.25) is 0 Å². The fourth-order valence-corrected chi connectivity index (χ4v) is 1.36. The number of halogens is 2. The summed E-state index contributed by atoms with van der Waals surface area (Å²) in [5.74, 6) is -0.817. The van der Waals surface area contributed by atoms with Gasteiger partial charge in [0.05, 0.1) is 7.11 Å². The standard InChI is InChI=1S/C7H11F2NO2/c1-12-6(11)7(5(8)9)2-3-10-4-7/h5,10H,2-4H2,1H3. The number of esters is 1. The van der Waals surface area contributed by atoms with Crippen LogP contribution in [0.3, 0.4) is 0 Å². The summed E-state index contributed by atoms with van der Waals surface area (Å²) in [6.07, 6.45) is -2.50. The average molecular weight is 179 g/mol. The van der Waals surface area contributed by atoms with Gasteiger partial charge in [0.1, 0.15) is 5.41 Å². The molecule has 0 aromatic heterocycles. The molecule has 1 fully saturated rings. The van der Waals surface area contributed by atoms with Crippen LogP contribution in [0.25, 0.3) is 0 Å². The molecule has 1 saturated heterocycles. The Kier molecular flexibility index (Phi) is 2.62. The third-order valence-electron chi connectivity index (χ3n) is 2.20. The molecule has 1 rings (SSSR count). The molecule has 0 aromatic rings. The van der Waals surface area contributed by atoms with E-state index in [4.69, 9.17) is 0 Å². The summed E-state index contributed by atoms with van der Waals surface area (Å²) in [6, 6.07) is 0. The predicted octanol–water partition coefficient (Wildman–Crippen LogP) is 0.404. The van der Waals surface area contributed by atoms with Crippen molar-refractivity contribution < 1.29 is 18.3 Å². The minimum absolute atomic E-state index is 0.0112. The number of ether oxygens (including phenoxy) is 1. The maximum atomic E-state index is 12.5. The quantitative estimate of drug-likeness (QED) is 0.624. The van der Waals surface area contributed by atoms with Crippen molar-refractivity contribution in [3.05, 3.63) is 0 Å². The van der Waals surface area contributed by atoms with E-state index >= 15 is 0 Å². The minimum Gasteiger partial charge on any atom is -0.468 e. The number of hydrogen-bond acceptors (Lipinski definition) is 3. The number of nitrogens with one attached hydrogen (secondary N) is 1. The van der Waals surface area contributed by atoms with Gasteiger partial charge in [0, 0.05) is 6.54 Å². The Hall–Kier alpha value is -0.710. The molecule has 1 N–H and O–H groups in total. The number of carbonyl (C=O) groups is 1. The molecule has 0 amide bonds. The summed E-state index contributed by atoms with van der Waals surface area (Å²) in [6.45, 7) is 0.455. The molecule has 0 aromatic carbocycles. The second-order valence-electron chi connectivity index (χ2n) is 2.88. The maximum absolute atomic E-state index is 12.5. The first-order valence-corrected chi connectivity index (χ1v) is 3.71. The van der Waals surface area contributed by atoms with E-state index in [9.17, 15) is 13.6 Å². The highest BCUT2D eigenvalue weighted by atomic mass is 19.3. The lowest BCUT2D eigenvalue weighted by Gasteiger charge is -2.23. The smallest absolute Gasteiger partial charge is 0.319 e. The van der Waals surface area contributed by atoms with Gasteiger partial charge in [-0.2, -0.15) is 0 Å². The Morgan fingerprint density at radius 1 is 1.67 bits per heavy atom. The Labute approximate surface area is 69.1 Å². The number of carbonyl (C=O) groups excluding carboxylic acids is 1. The Bertz CT molecular complexity index is 178. The summed E-state index contributed by atoms with van der Waals surface area (Å²) >= 11 is 0. The van der Waals surface area contributed by atoms with Crippen LogP contribution in [0.15, 0.2) is 0 Å². The lowest BCUT2D eigenvalue weighted by atomic mass is 9.88. The molecule has 1 heterocycles. The Morgan fingerprint density at radius 3 is 2.67 bits per heavy atom. The van der Waals surface area contributed by atoms with Gasteiger partial charge in [0.2, 0.25) is 0 Å². The molecular weight excluding hydrogens is 168 g/mol. The third-order valence-corrected chi connectivity index (χ3v) is 2.20. The lowest BCUT2D eigenvalue weighted by Crippen LogP contribution is -2.41. The van der Waals surface area contributed by atoms with E-state index in [0.717, 1.165) is 7.11 Å². The van der Waals surface area contributed by atoms with Crippen molar-refractivity contribution in [1.29, 1.82) is 0 Å². The van der Waals surface area contributed by atoms with Gasteiger partial charge in [-0.3, -0.25) is 4.79 Å². The largest absolute Gasteiger partial charge is 0.468 e. The first kappa shape index (κ1) is 9.38. The summed E-state index contributed by atoms with van der Waals surface area (Å²) in [5.41, 5.74) is -1.60. The highest BCUT2D eigenvalue weighted by molar-refractivity contribution is 5.78. The Morgan fingerprint density at radius 2 is 2.33 bits per heavy atom. The van der Waals surface area contributed by atoms with E-state index in [1.807, 2.05) is 0 Å². The molecule has 3 nitrogen and oxygen atoms in total. The zero-order valence-electron chi connectivity index (χ0n) is 6.77. The molecule has 12 heavy (non-hydrogen) atoms. The normalized spacial score (nSPS) is 29.3. The van der Waals surface area contributed by atoms with Gasteiger partial charge in [0.25, 0.3) is 6.43 Å². The van der Waals surface area contributed by atoms with Crippen molar-refractivity contribution in [2.24, 2.45) is 5.41 Å². The molecule has 1 unspecified atom stereocenters. The minimum atomic E-state index is -2.65. The topological polar surface area (TPSA) is 38.3 Å². The molecule has 1 aliphatic rings. The number of hydrogen-bond donors (Lipinski definition) is 1. The van der Waals surface area contributed by atoms with E-state index < -0.39 is 17.8 Å². The lowest BCUT2D eigenvalue weighted by molar-refractivity contribution is -0.161. The Balaban J connectivity index is 2.78. The molecule has 0 bridgehead atoms. The zero-order chi connectivity index (χ0) is 9.19. The van der Waals surface area contributed by atoms with Crippen LogP contribution in [-0.2, 0) is 9.53 Å². The van der Waals surface area contributed by atoms with E-state index in [1.54, 1.807) is 0 Å². The zero-order valence-corrected chi connectivity index (χ0v) is 6.77. The van der Waals surface area contributed by atoms with Gasteiger partial charge >= 0.3 is 5.97 Å². The van der Waals surface area contributed by atoms with Crippen molar-refractivity contribution >= 4 is 5.97 Å². The van der Waals surface area contributed by atoms with Crippen LogP contribution in [0.5, 0.6) is 0 Å². The van der Waals surface area contributed by atoms with Crippen molar-refractivity contribution in [3.63, 3.8) is 0 Å². The second kappa shape index (κ2) is 3.35. The van der Waals surface area contributed by atoms with E-state index in [-0.39, 0.29) is 13.0 Å². The van der Waals surface area contributed by atoms with Gasteiger partial charge in [-0.25, -0.2) is 8.78 Å². The monoisotopic (exact) mass is 179 g/mol. The molecule has 0 aliphatic carbocycles. The summed E-state index contributed by atoms with van der Waals surface area (Å²) in [7, 11) is 1.13. The van der Waals surface area contributed by atoms with Crippen LogP contribution in [0, 0.1) is 5.41 Å². The predicted molar refractivity (Wildman–Crippen MR) is 37.9 cm³/mol. The molecule has 0 spiro atoms. The molecule has 0 radical (unpaired) electrons. The van der Waals surface area contributed by atoms with Crippen LogP contribution < -0.4 is 5.32 Å². The number of rotatable bonds is 2. The van der Waals surface area contributed by atoms with E-state index in [2.05, 4.69) is 10.1 Å². The van der Waals surface area contributed by atoms with Crippen LogP contribution in [0.1, 0.15) is 6.42 Å². The summed E-state index contributed by atoms with van der Waals surface area (Å²) < 4.78 is 29.3. The van der Waals surface area contributed by atoms with Crippen LogP contribution in [0.4, 0.5) is 8.78 Å². The first-order chi connectivity index (χ1) is 5.63. The van der Waals surface area contributed by atoms with Gasteiger partial charge < -0.3 is 10.1 Å². The fourth-order valence-electron chi connectivity index (χ4n) is 1.36. The number of alkyl halides is 2. The first-order valence-electron chi connectivity index (χ1n) is 3.71. The van der Waals surface area contributed by atoms with Crippen LogP contribution in [-0.4, -0.2) is 32.6 Å². The molecule has 70 valence electrons. The fraction of sp³-hybridized carbons (Fsp3) is 0.857. The summed E-state index contributed by atoms with van der Waals surface area (Å²) in [4.78, 5) is 11.0. The average Bonchev–Trinajstić information content (AvgIpc) is 2.52. The maximum Gasteiger partial charge on any atom is 0.319 e. The highest BCUT2D eigenvalue weighted by Gasteiger charge is 2.50. The van der Waals surface area contributed by atoms with Crippen molar-refractivity contribution in [2.45, 2.75) is 12.8 Å². The molecule has 1 atom stereocenters.